The zero-order valence-corrected chi connectivity index (χ0v) is 14.0. The van der Waals surface area contributed by atoms with Crippen LogP contribution in [0.5, 0.6) is 0 Å². The molecule has 2 N–H and O–H groups in total. The number of amides is 1. The highest BCUT2D eigenvalue weighted by molar-refractivity contribution is 7.59. The lowest BCUT2D eigenvalue weighted by molar-refractivity contribution is -0.142. The molecule has 0 aliphatic rings. The number of nitrogens with one attached hydrogen (secondary N) is 1. The number of carbonyl (C=O) groups excluding carboxylic acids is 1. The Bertz CT molecular complexity index is 473. The highest BCUT2D eigenvalue weighted by atomic mass is 32.1. The molecule has 0 aromatic heterocycles. The summed E-state index contributed by atoms with van der Waals surface area (Å²) in [4.78, 5) is 22.7. The summed E-state index contributed by atoms with van der Waals surface area (Å²) in [5.74, 6) is -1.17. The molecule has 0 aliphatic heterocycles. The van der Waals surface area contributed by atoms with Crippen LogP contribution >= 0.6 is 13.5 Å². The van der Waals surface area contributed by atoms with Gasteiger partial charge in [-0.2, -0.15) is 13.5 Å². The third-order valence-corrected chi connectivity index (χ3v) is 2.49. The molecule has 1 amide bonds. The number of alkyl carbamates (subject to hydrolysis) is 1. The van der Waals surface area contributed by atoms with Crippen LogP contribution in [0.15, 0.2) is 30.3 Å². The number of ether oxygens (including phenoxy) is 2. The van der Waals surface area contributed by atoms with Crippen LogP contribution in [0.2, 0.25) is 0 Å². The first-order valence-corrected chi connectivity index (χ1v) is 6.62. The van der Waals surface area contributed by atoms with Gasteiger partial charge < -0.3 is 19.9 Å². The van der Waals surface area contributed by atoms with Gasteiger partial charge >= 0.3 is 12.1 Å². The molecular formula is C15H23NO5S. The van der Waals surface area contributed by atoms with E-state index in [0.717, 1.165) is 5.56 Å². The molecule has 0 bridgehead atoms. The van der Waals surface area contributed by atoms with Crippen LogP contribution in [-0.2, 0) is 20.9 Å². The summed E-state index contributed by atoms with van der Waals surface area (Å²) in [5, 5.41) is 11.3. The predicted molar refractivity (Wildman–Crippen MR) is 87.3 cm³/mol. The summed E-state index contributed by atoms with van der Waals surface area (Å²) in [6.07, 6.45) is -0.788. The Labute approximate surface area is 137 Å². The summed E-state index contributed by atoms with van der Waals surface area (Å²) in [6, 6.07) is 7.98. The van der Waals surface area contributed by atoms with Gasteiger partial charge in [-0.25, -0.2) is 9.59 Å². The van der Waals surface area contributed by atoms with Gasteiger partial charge in [0.05, 0.1) is 12.2 Å². The van der Waals surface area contributed by atoms with Gasteiger partial charge in [0.2, 0.25) is 0 Å². The van der Waals surface area contributed by atoms with Crippen molar-refractivity contribution in [3.8, 4) is 0 Å². The number of carbonyl (C=O) groups is 2. The van der Waals surface area contributed by atoms with Crippen LogP contribution in [0, 0.1) is 0 Å². The van der Waals surface area contributed by atoms with E-state index in [2.05, 4.69) is 5.32 Å². The second-order valence-corrected chi connectivity index (χ2v) is 5.52. The molecule has 7 heteroatoms. The van der Waals surface area contributed by atoms with E-state index >= 15 is 0 Å². The van der Waals surface area contributed by atoms with E-state index in [1.54, 1.807) is 20.8 Å². The van der Waals surface area contributed by atoms with E-state index in [4.69, 9.17) is 14.6 Å². The summed E-state index contributed by atoms with van der Waals surface area (Å²) in [5.41, 5.74) is 0.342. The molecule has 0 saturated heterocycles. The van der Waals surface area contributed by atoms with Gasteiger partial charge in [0.25, 0.3) is 0 Å². The number of carboxylic acid groups (broad SMARTS) is 1. The Kier molecular flexibility index (Phi) is 8.59. The molecule has 0 heterocycles. The molecule has 0 spiro atoms. The molecular weight excluding hydrogens is 306 g/mol. The number of hydrogen-bond acceptors (Lipinski definition) is 4. The summed E-state index contributed by atoms with van der Waals surface area (Å²) in [7, 11) is 0. The van der Waals surface area contributed by atoms with Crippen molar-refractivity contribution >= 4 is 25.6 Å². The lowest BCUT2D eigenvalue weighted by atomic mass is 10.2. The first kappa shape index (κ1) is 20.3. The summed E-state index contributed by atoms with van der Waals surface area (Å²) >= 11 is 0. The smallest absolute Gasteiger partial charge is 0.408 e. The second-order valence-electron chi connectivity index (χ2n) is 5.52. The van der Waals surface area contributed by atoms with Crippen LogP contribution in [0.3, 0.4) is 0 Å². The fourth-order valence-electron chi connectivity index (χ4n) is 1.42. The molecule has 6 nitrogen and oxygen atoms in total. The molecule has 1 aromatic rings. The molecule has 22 heavy (non-hydrogen) atoms. The maximum absolute atomic E-state index is 11.6. The van der Waals surface area contributed by atoms with Gasteiger partial charge in [0, 0.05) is 0 Å². The molecule has 1 rings (SSSR count). The third-order valence-electron chi connectivity index (χ3n) is 2.49. The molecule has 0 radical (unpaired) electrons. The Morgan fingerprint density at radius 2 is 1.82 bits per heavy atom. The van der Waals surface area contributed by atoms with Gasteiger partial charge in [-0.15, -0.1) is 0 Å². The normalized spacial score (nSPS) is 12.0. The summed E-state index contributed by atoms with van der Waals surface area (Å²) < 4.78 is 10.3. The highest BCUT2D eigenvalue weighted by Gasteiger charge is 2.23. The zero-order chi connectivity index (χ0) is 15.9. The lowest BCUT2D eigenvalue weighted by Crippen LogP contribution is -2.45. The second kappa shape index (κ2) is 9.32. The van der Waals surface area contributed by atoms with Crippen molar-refractivity contribution in [1.82, 2.24) is 5.32 Å². The van der Waals surface area contributed by atoms with Crippen LogP contribution in [0.1, 0.15) is 26.3 Å². The first-order valence-electron chi connectivity index (χ1n) is 6.62. The van der Waals surface area contributed by atoms with E-state index in [1.165, 1.54) is 0 Å². The SMILES string of the molecule is CC(C)(C)OC[C@H](NC(=O)OCc1ccccc1)C(=O)O.S. The van der Waals surface area contributed by atoms with E-state index < -0.39 is 23.7 Å². The minimum atomic E-state index is -1.17. The monoisotopic (exact) mass is 329 g/mol. The fraction of sp³-hybridized carbons (Fsp3) is 0.467. The molecule has 1 aromatic carbocycles. The molecule has 124 valence electrons. The van der Waals surface area contributed by atoms with Gasteiger partial charge in [-0.05, 0) is 26.3 Å². The van der Waals surface area contributed by atoms with Gasteiger partial charge in [0.1, 0.15) is 6.61 Å². The van der Waals surface area contributed by atoms with Crippen LogP contribution in [0.25, 0.3) is 0 Å². The topological polar surface area (TPSA) is 84.9 Å². The molecule has 0 aliphatic carbocycles. The number of benzene rings is 1. The van der Waals surface area contributed by atoms with Crippen molar-refractivity contribution in [2.45, 2.75) is 39.0 Å². The minimum absolute atomic E-state index is 0. The molecule has 0 unspecified atom stereocenters. The van der Waals surface area contributed by atoms with Gasteiger partial charge in [0.15, 0.2) is 6.04 Å². The molecule has 0 saturated carbocycles. The minimum Gasteiger partial charge on any atom is -0.480 e. The van der Waals surface area contributed by atoms with Crippen molar-refractivity contribution < 1.29 is 24.2 Å². The summed E-state index contributed by atoms with van der Waals surface area (Å²) in [6.45, 7) is 5.37. The fourth-order valence-corrected chi connectivity index (χ4v) is 1.42. The molecule has 1 atom stereocenters. The Hall–Kier alpha value is -1.73. The Morgan fingerprint density at radius 1 is 1.23 bits per heavy atom. The quantitative estimate of drug-likeness (QED) is 0.836. The average molecular weight is 329 g/mol. The number of carboxylic acids is 1. The average Bonchev–Trinajstić information content (AvgIpc) is 2.41. The first-order chi connectivity index (χ1) is 9.78. The number of rotatable bonds is 6. The van der Waals surface area contributed by atoms with Crippen LogP contribution < -0.4 is 5.32 Å². The standard InChI is InChI=1S/C15H21NO5.H2S/c1-15(2,3)21-10-12(13(17)18)16-14(19)20-9-11-7-5-4-6-8-11;/h4-8,12H,9-10H2,1-3H3,(H,16,19)(H,17,18);1H2/t12-;/m0./s1. The zero-order valence-electron chi connectivity index (χ0n) is 13.0. The maximum atomic E-state index is 11.6. The van der Waals surface area contributed by atoms with Gasteiger partial charge in [-0.3, -0.25) is 0 Å². The predicted octanol–water partition coefficient (Wildman–Crippen LogP) is 2.29. The van der Waals surface area contributed by atoms with Crippen LogP contribution in [0.4, 0.5) is 4.79 Å². The van der Waals surface area contributed by atoms with Gasteiger partial charge in [-0.1, -0.05) is 30.3 Å². The van der Waals surface area contributed by atoms with Crippen molar-refractivity contribution in [2.75, 3.05) is 6.61 Å². The van der Waals surface area contributed by atoms with Crippen molar-refractivity contribution in [2.24, 2.45) is 0 Å². The number of hydrogen-bond donors (Lipinski definition) is 2. The molecule has 0 fully saturated rings. The largest absolute Gasteiger partial charge is 0.480 e. The van der Waals surface area contributed by atoms with Crippen molar-refractivity contribution in [3.05, 3.63) is 35.9 Å². The Morgan fingerprint density at radius 3 is 2.32 bits per heavy atom. The van der Waals surface area contributed by atoms with Crippen molar-refractivity contribution in [1.29, 1.82) is 0 Å². The van der Waals surface area contributed by atoms with E-state index in [1.807, 2.05) is 30.3 Å². The lowest BCUT2D eigenvalue weighted by Gasteiger charge is -2.22. The van der Waals surface area contributed by atoms with E-state index in [0.29, 0.717) is 0 Å². The number of aliphatic carboxylic acids is 1. The Balaban J connectivity index is 0.00000441. The highest BCUT2D eigenvalue weighted by Crippen LogP contribution is 2.07. The van der Waals surface area contributed by atoms with E-state index in [9.17, 15) is 9.59 Å². The third kappa shape index (κ3) is 8.53. The maximum Gasteiger partial charge on any atom is 0.408 e. The van der Waals surface area contributed by atoms with Crippen LogP contribution in [-0.4, -0.2) is 35.4 Å². The van der Waals surface area contributed by atoms with Crippen molar-refractivity contribution in [3.63, 3.8) is 0 Å². The van der Waals surface area contributed by atoms with E-state index in [-0.39, 0.29) is 26.7 Å².